The molecule has 0 aromatic carbocycles. The lowest BCUT2D eigenvalue weighted by Gasteiger charge is -2.06. The summed E-state index contributed by atoms with van der Waals surface area (Å²) in [6.45, 7) is 6.54. The Morgan fingerprint density at radius 2 is 1.25 bits per heavy atom. The fourth-order valence-electron chi connectivity index (χ4n) is 0.279. The molecule has 0 radical (unpaired) electrons. The number of aliphatic hydroxyl groups is 2. The summed E-state index contributed by atoms with van der Waals surface area (Å²) in [4.78, 5) is 0. The zero-order valence-electron chi connectivity index (χ0n) is 4.62. The van der Waals surface area contributed by atoms with Gasteiger partial charge in [0, 0.05) is 0 Å². The van der Waals surface area contributed by atoms with E-state index in [4.69, 9.17) is 10.2 Å². The molecule has 46 valence electrons. The summed E-state index contributed by atoms with van der Waals surface area (Å²) in [6, 6.07) is 0. The van der Waals surface area contributed by atoms with E-state index in [0.717, 1.165) is 0 Å². The smallest absolute Gasteiger partial charge is 0.101 e. The molecule has 1 unspecified atom stereocenters. The van der Waals surface area contributed by atoms with Crippen molar-refractivity contribution in [3.05, 3.63) is 25.3 Å². The Morgan fingerprint density at radius 1 is 1.00 bits per heavy atom. The number of rotatable bonds is 3. The molecule has 0 rings (SSSR count). The van der Waals surface area contributed by atoms with Gasteiger partial charge < -0.3 is 10.2 Å². The molecule has 0 amide bonds. The van der Waals surface area contributed by atoms with Crippen molar-refractivity contribution in [3.63, 3.8) is 0 Å². The van der Waals surface area contributed by atoms with Gasteiger partial charge in [0.05, 0.1) is 0 Å². The quantitative estimate of drug-likeness (QED) is 0.510. The second kappa shape index (κ2) is 3.41. The summed E-state index contributed by atoms with van der Waals surface area (Å²) in [7, 11) is 0. The number of hydrogen-bond acceptors (Lipinski definition) is 2. The van der Waals surface area contributed by atoms with Crippen LogP contribution < -0.4 is 0 Å². The molecule has 2 N–H and O–H groups in total. The normalized spacial score (nSPS) is 16.8. The van der Waals surface area contributed by atoms with Crippen molar-refractivity contribution < 1.29 is 10.2 Å². The van der Waals surface area contributed by atoms with Gasteiger partial charge in [-0.3, -0.25) is 0 Å². The molecule has 0 bridgehead atoms. The van der Waals surface area contributed by atoms with Crippen molar-refractivity contribution in [3.8, 4) is 0 Å². The average molecular weight is 114 g/mol. The summed E-state index contributed by atoms with van der Waals surface area (Å²) < 4.78 is 0. The maximum atomic E-state index is 8.69. The molecule has 2 nitrogen and oxygen atoms in total. The first-order valence-corrected chi connectivity index (χ1v) is 2.33. The maximum Gasteiger partial charge on any atom is 0.101 e. The molecule has 0 aromatic heterocycles. The van der Waals surface area contributed by atoms with E-state index in [1.54, 1.807) is 0 Å². The van der Waals surface area contributed by atoms with Gasteiger partial charge in [-0.2, -0.15) is 0 Å². The molecular formula is C6H10O2. The topological polar surface area (TPSA) is 40.5 Å². The van der Waals surface area contributed by atoms with Crippen molar-refractivity contribution >= 4 is 0 Å². The fourth-order valence-corrected chi connectivity index (χ4v) is 0.279. The standard InChI is InChI=1S/C6H10O2/c1-3-5(7)6(8)4-2/h3-8H,1-2H2/t5-,6?/m0/s1. The first-order chi connectivity index (χ1) is 3.72. The Hall–Kier alpha value is -0.600. The van der Waals surface area contributed by atoms with Crippen LogP contribution in [0.4, 0.5) is 0 Å². The van der Waals surface area contributed by atoms with Crippen LogP contribution >= 0.6 is 0 Å². The van der Waals surface area contributed by atoms with Gasteiger partial charge in [0.2, 0.25) is 0 Å². The minimum Gasteiger partial charge on any atom is -0.386 e. The third-order valence-corrected chi connectivity index (χ3v) is 0.833. The van der Waals surface area contributed by atoms with Gasteiger partial charge in [0.1, 0.15) is 12.2 Å². The summed E-state index contributed by atoms with van der Waals surface area (Å²) in [6.07, 6.45) is 0.749. The third kappa shape index (κ3) is 1.91. The van der Waals surface area contributed by atoms with E-state index in [-0.39, 0.29) is 0 Å². The Kier molecular flexibility index (Phi) is 3.15. The van der Waals surface area contributed by atoms with E-state index >= 15 is 0 Å². The highest BCUT2D eigenvalue weighted by Crippen LogP contribution is 1.92. The predicted octanol–water partition coefficient (Wildman–Crippen LogP) is 0.0802. The van der Waals surface area contributed by atoms with Crippen molar-refractivity contribution in [2.24, 2.45) is 0 Å². The largest absolute Gasteiger partial charge is 0.386 e. The lowest BCUT2D eigenvalue weighted by atomic mass is 10.2. The van der Waals surface area contributed by atoms with Crippen LogP contribution in [0.25, 0.3) is 0 Å². The van der Waals surface area contributed by atoms with Crippen LogP contribution in [-0.2, 0) is 0 Å². The molecule has 0 saturated heterocycles. The van der Waals surface area contributed by atoms with Crippen molar-refractivity contribution in [1.82, 2.24) is 0 Å². The molecule has 0 heterocycles. The molecule has 2 atom stereocenters. The average Bonchev–Trinajstić information content (AvgIpc) is 1.84. The van der Waals surface area contributed by atoms with E-state index in [1.165, 1.54) is 12.2 Å². The van der Waals surface area contributed by atoms with Gasteiger partial charge in [-0.25, -0.2) is 0 Å². The first kappa shape index (κ1) is 7.40. The molecular weight excluding hydrogens is 104 g/mol. The van der Waals surface area contributed by atoms with Gasteiger partial charge in [-0.15, -0.1) is 13.2 Å². The van der Waals surface area contributed by atoms with Gasteiger partial charge in [0.15, 0.2) is 0 Å². The van der Waals surface area contributed by atoms with Gasteiger partial charge in [0.25, 0.3) is 0 Å². The Balaban J connectivity index is 3.60. The molecule has 0 aliphatic heterocycles. The van der Waals surface area contributed by atoms with Crippen LogP contribution in [0.3, 0.4) is 0 Å². The van der Waals surface area contributed by atoms with Gasteiger partial charge in [-0.1, -0.05) is 12.2 Å². The zero-order valence-corrected chi connectivity index (χ0v) is 4.62. The summed E-state index contributed by atoms with van der Waals surface area (Å²) in [5, 5.41) is 17.4. The minimum atomic E-state index is -0.882. The highest BCUT2D eigenvalue weighted by atomic mass is 16.3. The van der Waals surface area contributed by atoms with Crippen LogP contribution in [-0.4, -0.2) is 22.4 Å². The molecule has 2 heteroatoms. The molecule has 8 heavy (non-hydrogen) atoms. The highest BCUT2D eigenvalue weighted by molar-refractivity contribution is 4.93. The molecule has 0 aliphatic rings. The maximum absolute atomic E-state index is 8.69. The Bertz CT molecular complexity index is 76.5. The van der Waals surface area contributed by atoms with E-state index < -0.39 is 12.2 Å². The number of aliphatic hydroxyl groups excluding tert-OH is 2. The zero-order chi connectivity index (χ0) is 6.57. The second-order valence-electron chi connectivity index (χ2n) is 1.45. The molecule has 0 saturated carbocycles. The van der Waals surface area contributed by atoms with Crippen LogP contribution in [0.1, 0.15) is 0 Å². The van der Waals surface area contributed by atoms with Crippen molar-refractivity contribution in [2.75, 3.05) is 0 Å². The lowest BCUT2D eigenvalue weighted by Crippen LogP contribution is -2.20. The van der Waals surface area contributed by atoms with Crippen LogP contribution in [0.15, 0.2) is 25.3 Å². The molecule has 0 aliphatic carbocycles. The lowest BCUT2D eigenvalue weighted by molar-refractivity contribution is 0.0813. The summed E-state index contributed by atoms with van der Waals surface area (Å²) in [5.41, 5.74) is 0. The van der Waals surface area contributed by atoms with Gasteiger partial charge >= 0.3 is 0 Å². The van der Waals surface area contributed by atoms with E-state index in [2.05, 4.69) is 13.2 Å². The monoisotopic (exact) mass is 114 g/mol. The fraction of sp³-hybridized carbons (Fsp3) is 0.333. The SMILES string of the molecule is C=CC(O)[C@@H](O)C=C. The predicted molar refractivity (Wildman–Crippen MR) is 32.4 cm³/mol. The van der Waals surface area contributed by atoms with Crippen LogP contribution in [0.2, 0.25) is 0 Å². The Morgan fingerprint density at radius 3 is 1.38 bits per heavy atom. The van der Waals surface area contributed by atoms with Crippen LogP contribution in [0.5, 0.6) is 0 Å². The molecule has 0 fully saturated rings. The van der Waals surface area contributed by atoms with E-state index in [0.29, 0.717) is 0 Å². The van der Waals surface area contributed by atoms with E-state index in [9.17, 15) is 0 Å². The summed E-state index contributed by atoms with van der Waals surface area (Å²) >= 11 is 0. The third-order valence-electron chi connectivity index (χ3n) is 0.833. The molecule has 0 spiro atoms. The Labute approximate surface area is 48.8 Å². The van der Waals surface area contributed by atoms with E-state index in [1.807, 2.05) is 0 Å². The minimum absolute atomic E-state index is 0.882. The summed E-state index contributed by atoms with van der Waals surface area (Å²) in [5.74, 6) is 0. The van der Waals surface area contributed by atoms with Gasteiger partial charge in [-0.05, 0) is 0 Å². The number of hydrogen-bond donors (Lipinski definition) is 2. The van der Waals surface area contributed by atoms with Crippen molar-refractivity contribution in [2.45, 2.75) is 12.2 Å². The molecule has 0 aromatic rings. The first-order valence-electron chi connectivity index (χ1n) is 2.33. The van der Waals surface area contributed by atoms with Crippen molar-refractivity contribution in [1.29, 1.82) is 0 Å². The highest BCUT2D eigenvalue weighted by Gasteiger charge is 2.05. The van der Waals surface area contributed by atoms with Crippen LogP contribution in [0, 0.1) is 0 Å². The second-order valence-corrected chi connectivity index (χ2v) is 1.45.